The van der Waals surface area contributed by atoms with Crippen LogP contribution >= 0.6 is 0 Å². The van der Waals surface area contributed by atoms with Crippen molar-refractivity contribution >= 4 is 5.91 Å². The second-order valence-electron chi connectivity index (χ2n) is 3.67. The average molecular weight is 227 g/mol. The Balaban J connectivity index is 2.51. The molecular weight excluding hydrogens is 214 g/mol. The summed E-state index contributed by atoms with van der Waals surface area (Å²) in [4.78, 5) is 18.4. The SMILES string of the molecule is C=CC(c1cnc[nH]1)c1ccccc1C(N)=O. The molecule has 2 rings (SSSR count). The van der Waals surface area contributed by atoms with E-state index >= 15 is 0 Å². The van der Waals surface area contributed by atoms with Crippen molar-refractivity contribution in [2.24, 2.45) is 5.73 Å². The molecule has 0 fully saturated rings. The Labute approximate surface area is 99.2 Å². The van der Waals surface area contributed by atoms with Crippen molar-refractivity contribution in [2.45, 2.75) is 5.92 Å². The van der Waals surface area contributed by atoms with Crippen LogP contribution in [0.3, 0.4) is 0 Å². The minimum Gasteiger partial charge on any atom is -0.366 e. The molecule has 0 saturated heterocycles. The van der Waals surface area contributed by atoms with Crippen molar-refractivity contribution in [1.29, 1.82) is 0 Å². The Bertz CT molecular complexity index is 531. The first kappa shape index (κ1) is 11.1. The van der Waals surface area contributed by atoms with Gasteiger partial charge in [-0.3, -0.25) is 4.79 Å². The van der Waals surface area contributed by atoms with E-state index in [9.17, 15) is 4.79 Å². The third-order valence-electron chi connectivity index (χ3n) is 2.65. The van der Waals surface area contributed by atoms with E-state index in [1.807, 2.05) is 12.1 Å². The Hall–Kier alpha value is -2.36. The number of nitrogens with zero attached hydrogens (tertiary/aromatic N) is 1. The maximum absolute atomic E-state index is 11.4. The summed E-state index contributed by atoms with van der Waals surface area (Å²) < 4.78 is 0. The van der Waals surface area contributed by atoms with Crippen molar-refractivity contribution in [3.63, 3.8) is 0 Å². The molecule has 0 aliphatic carbocycles. The first-order chi connectivity index (χ1) is 8.24. The summed E-state index contributed by atoms with van der Waals surface area (Å²) in [6.45, 7) is 3.79. The Morgan fingerprint density at radius 2 is 2.24 bits per heavy atom. The lowest BCUT2D eigenvalue weighted by Crippen LogP contribution is -2.15. The first-order valence-corrected chi connectivity index (χ1v) is 5.23. The topological polar surface area (TPSA) is 71.8 Å². The van der Waals surface area contributed by atoms with E-state index in [1.54, 1.807) is 30.7 Å². The predicted octanol–water partition coefficient (Wildman–Crippen LogP) is 1.83. The number of primary amides is 1. The Morgan fingerprint density at radius 3 is 2.82 bits per heavy atom. The molecule has 1 heterocycles. The van der Waals surface area contributed by atoms with Gasteiger partial charge in [-0.2, -0.15) is 0 Å². The van der Waals surface area contributed by atoms with Crippen LogP contribution in [0.5, 0.6) is 0 Å². The van der Waals surface area contributed by atoms with Crippen LogP contribution < -0.4 is 5.73 Å². The number of aromatic amines is 1. The number of nitrogens with one attached hydrogen (secondary N) is 1. The van der Waals surface area contributed by atoms with Gasteiger partial charge in [0.25, 0.3) is 0 Å². The summed E-state index contributed by atoms with van der Waals surface area (Å²) in [5.41, 5.74) is 7.58. The van der Waals surface area contributed by atoms with Gasteiger partial charge in [-0.25, -0.2) is 4.98 Å². The molecule has 1 amide bonds. The van der Waals surface area contributed by atoms with Crippen molar-refractivity contribution in [3.05, 3.63) is 66.3 Å². The number of benzene rings is 1. The second kappa shape index (κ2) is 4.65. The van der Waals surface area contributed by atoms with E-state index in [-0.39, 0.29) is 5.92 Å². The number of amides is 1. The maximum Gasteiger partial charge on any atom is 0.249 e. The zero-order valence-corrected chi connectivity index (χ0v) is 9.26. The van der Waals surface area contributed by atoms with E-state index < -0.39 is 5.91 Å². The van der Waals surface area contributed by atoms with Crippen LogP contribution in [0.2, 0.25) is 0 Å². The van der Waals surface area contributed by atoms with Gasteiger partial charge in [0, 0.05) is 23.4 Å². The minimum absolute atomic E-state index is 0.110. The minimum atomic E-state index is -0.438. The molecule has 0 bridgehead atoms. The maximum atomic E-state index is 11.4. The summed E-state index contributed by atoms with van der Waals surface area (Å²) in [6, 6.07) is 7.24. The Morgan fingerprint density at radius 1 is 1.47 bits per heavy atom. The number of H-pyrrole nitrogens is 1. The van der Waals surface area contributed by atoms with E-state index in [4.69, 9.17) is 5.73 Å². The highest BCUT2D eigenvalue weighted by Crippen LogP contribution is 2.26. The summed E-state index contributed by atoms with van der Waals surface area (Å²) in [7, 11) is 0. The number of carbonyl (C=O) groups excluding carboxylic acids is 1. The number of aromatic nitrogens is 2. The van der Waals surface area contributed by atoms with Crippen molar-refractivity contribution in [2.75, 3.05) is 0 Å². The molecule has 0 saturated carbocycles. The summed E-state index contributed by atoms with van der Waals surface area (Å²) >= 11 is 0. The zero-order valence-electron chi connectivity index (χ0n) is 9.26. The molecule has 1 aromatic heterocycles. The largest absolute Gasteiger partial charge is 0.366 e. The predicted molar refractivity (Wildman–Crippen MR) is 65.6 cm³/mol. The highest BCUT2D eigenvalue weighted by atomic mass is 16.1. The smallest absolute Gasteiger partial charge is 0.249 e. The number of allylic oxidation sites excluding steroid dienone is 1. The molecule has 0 aliphatic rings. The van der Waals surface area contributed by atoms with Gasteiger partial charge in [0.1, 0.15) is 0 Å². The highest BCUT2D eigenvalue weighted by Gasteiger charge is 2.17. The van der Waals surface area contributed by atoms with Gasteiger partial charge in [0.05, 0.1) is 6.33 Å². The molecule has 4 heteroatoms. The fourth-order valence-electron chi connectivity index (χ4n) is 1.85. The van der Waals surface area contributed by atoms with E-state index in [0.717, 1.165) is 11.3 Å². The molecule has 2 aromatic rings. The van der Waals surface area contributed by atoms with Crippen LogP contribution in [0.4, 0.5) is 0 Å². The number of hydrogen-bond acceptors (Lipinski definition) is 2. The van der Waals surface area contributed by atoms with Crippen LogP contribution in [-0.4, -0.2) is 15.9 Å². The van der Waals surface area contributed by atoms with Crippen LogP contribution in [0.25, 0.3) is 0 Å². The Kier molecular flexibility index (Phi) is 3.05. The quantitative estimate of drug-likeness (QED) is 0.782. The van der Waals surface area contributed by atoms with Crippen LogP contribution in [0.15, 0.2) is 49.4 Å². The molecule has 0 aliphatic heterocycles. The van der Waals surface area contributed by atoms with Gasteiger partial charge in [0.15, 0.2) is 0 Å². The average Bonchev–Trinajstić information content (AvgIpc) is 2.84. The van der Waals surface area contributed by atoms with Crippen LogP contribution in [-0.2, 0) is 0 Å². The molecule has 0 spiro atoms. The molecule has 4 nitrogen and oxygen atoms in total. The first-order valence-electron chi connectivity index (χ1n) is 5.23. The van der Waals surface area contributed by atoms with Gasteiger partial charge < -0.3 is 10.7 Å². The number of carbonyl (C=O) groups is 1. The van der Waals surface area contributed by atoms with Crippen molar-refractivity contribution < 1.29 is 4.79 Å². The zero-order chi connectivity index (χ0) is 12.3. The fourth-order valence-corrected chi connectivity index (χ4v) is 1.85. The lowest BCUT2D eigenvalue weighted by atomic mass is 9.91. The number of rotatable bonds is 4. The number of nitrogens with two attached hydrogens (primary N) is 1. The lowest BCUT2D eigenvalue weighted by Gasteiger charge is -2.14. The normalized spacial score (nSPS) is 12.0. The highest BCUT2D eigenvalue weighted by molar-refractivity contribution is 5.94. The van der Waals surface area contributed by atoms with Gasteiger partial charge >= 0.3 is 0 Å². The van der Waals surface area contributed by atoms with Crippen molar-refractivity contribution in [3.8, 4) is 0 Å². The molecule has 86 valence electrons. The lowest BCUT2D eigenvalue weighted by molar-refractivity contribution is 0.0999. The van der Waals surface area contributed by atoms with Crippen LogP contribution in [0, 0.1) is 0 Å². The van der Waals surface area contributed by atoms with Gasteiger partial charge in [-0.05, 0) is 11.6 Å². The molecule has 17 heavy (non-hydrogen) atoms. The second-order valence-corrected chi connectivity index (χ2v) is 3.67. The summed E-state index contributed by atoms with van der Waals surface area (Å²) in [5, 5.41) is 0. The third-order valence-corrected chi connectivity index (χ3v) is 2.65. The molecule has 1 atom stereocenters. The van der Waals surface area contributed by atoms with Gasteiger partial charge in [0.2, 0.25) is 5.91 Å². The molecule has 0 radical (unpaired) electrons. The third kappa shape index (κ3) is 2.10. The number of imidazole rings is 1. The molecule has 1 aromatic carbocycles. The molecule has 1 unspecified atom stereocenters. The van der Waals surface area contributed by atoms with E-state index in [2.05, 4.69) is 16.5 Å². The monoisotopic (exact) mass is 227 g/mol. The summed E-state index contributed by atoms with van der Waals surface area (Å²) in [5.74, 6) is -0.548. The van der Waals surface area contributed by atoms with Crippen molar-refractivity contribution in [1.82, 2.24) is 9.97 Å². The van der Waals surface area contributed by atoms with Gasteiger partial charge in [-0.15, -0.1) is 6.58 Å². The van der Waals surface area contributed by atoms with E-state index in [1.165, 1.54) is 0 Å². The van der Waals surface area contributed by atoms with Gasteiger partial charge in [-0.1, -0.05) is 24.3 Å². The van der Waals surface area contributed by atoms with Crippen LogP contribution in [0.1, 0.15) is 27.5 Å². The molecular formula is C13H13N3O. The number of hydrogen-bond donors (Lipinski definition) is 2. The molecule has 3 N–H and O–H groups in total. The van der Waals surface area contributed by atoms with E-state index in [0.29, 0.717) is 5.56 Å². The fraction of sp³-hybridized carbons (Fsp3) is 0.0769. The summed E-state index contributed by atoms with van der Waals surface area (Å²) in [6.07, 6.45) is 5.07. The standard InChI is InChI=1S/C13H13N3O/c1-2-9(12-7-15-8-16-12)10-5-3-4-6-11(10)13(14)17/h2-9H,1H2,(H2,14,17)(H,15,16).